The number of thioether (sulfide) groups is 1. The smallest absolute Gasteiger partial charge is 0.251 e. The number of hydrogen-bond donors (Lipinski definition) is 1. The van der Waals surface area contributed by atoms with Gasteiger partial charge >= 0.3 is 0 Å². The minimum absolute atomic E-state index is 0.00534. The molecule has 1 atom stereocenters. The molecule has 212 valence electrons. The highest BCUT2D eigenvalue weighted by Gasteiger charge is 2.32. The van der Waals surface area contributed by atoms with Gasteiger partial charge in [-0.25, -0.2) is 14.4 Å². The van der Waals surface area contributed by atoms with E-state index in [1.165, 1.54) is 28.8 Å². The Morgan fingerprint density at radius 1 is 0.902 bits per heavy atom. The van der Waals surface area contributed by atoms with Crippen molar-refractivity contribution in [2.45, 2.75) is 38.5 Å². The van der Waals surface area contributed by atoms with Crippen molar-refractivity contribution < 1.29 is 14.0 Å². The van der Waals surface area contributed by atoms with Gasteiger partial charge in [0.2, 0.25) is 5.91 Å². The van der Waals surface area contributed by atoms with Crippen LogP contribution in [0.5, 0.6) is 0 Å². The van der Waals surface area contributed by atoms with Crippen molar-refractivity contribution in [1.82, 2.24) is 14.9 Å². The van der Waals surface area contributed by atoms with Gasteiger partial charge in [-0.3, -0.25) is 9.59 Å². The van der Waals surface area contributed by atoms with E-state index >= 15 is 0 Å². The van der Waals surface area contributed by atoms with E-state index in [9.17, 15) is 14.0 Å². The summed E-state index contributed by atoms with van der Waals surface area (Å²) in [5.74, 6) is -1.23. The molecular weight excluding hydrogens is 537 g/mol. The van der Waals surface area contributed by atoms with E-state index in [0.717, 1.165) is 28.2 Å². The fraction of sp³-hybridized carbons (Fsp3) is 0.250. The Labute approximate surface area is 244 Å². The third-order valence-corrected chi connectivity index (χ3v) is 7.29. The lowest BCUT2D eigenvalue weighted by atomic mass is 10.0. The van der Waals surface area contributed by atoms with E-state index in [4.69, 9.17) is 0 Å². The third-order valence-electron chi connectivity index (χ3n) is 6.46. The predicted molar refractivity (Wildman–Crippen MR) is 162 cm³/mol. The molecule has 0 aliphatic rings. The molecule has 4 rings (SSSR count). The minimum Gasteiger partial charge on any atom is -0.378 e. The SMILES string of the molecule is Cc1ccc(CN(C(=O)CSc2nc(C)cc(C)n2)[C@H](C(=O)Nc2ccc(N(C)C)cc2)c2cccc(F)c2)cc1. The number of aromatic nitrogens is 2. The lowest BCUT2D eigenvalue weighted by Crippen LogP contribution is -2.42. The van der Waals surface area contributed by atoms with E-state index in [2.05, 4.69) is 15.3 Å². The zero-order valence-electron chi connectivity index (χ0n) is 23.9. The van der Waals surface area contributed by atoms with Crippen molar-refractivity contribution in [3.8, 4) is 0 Å². The summed E-state index contributed by atoms with van der Waals surface area (Å²) in [5, 5.41) is 3.42. The lowest BCUT2D eigenvalue weighted by molar-refractivity contribution is -0.137. The van der Waals surface area contributed by atoms with Crippen LogP contribution in [0.4, 0.5) is 15.8 Å². The lowest BCUT2D eigenvalue weighted by Gasteiger charge is -2.31. The molecule has 0 aliphatic heterocycles. The highest BCUT2D eigenvalue weighted by molar-refractivity contribution is 7.99. The summed E-state index contributed by atoms with van der Waals surface area (Å²) in [6.45, 7) is 5.89. The highest BCUT2D eigenvalue weighted by Crippen LogP contribution is 2.28. The van der Waals surface area contributed by atoms with E-state index < -0.39 is 17.8 Å². The van der Waals surface area contributed by atoms with Gasteiger partial charge in [-0.05, 0) is 74.4 Å². The second-order valence-corrected chi connectivity index (χ2v) is 11.1. The van der Waals surface area contributed by atoms with E-state index in [0.29, 0.717) is 16.4 Å². The molecule has 2 amide bonds. The summed E-state index contributed by atoms with van der Waals surface area (Å²) in [6.07, 6.45) is 0. The summed E-state index contributed by atoms with van der Waals surface area (Å²) in [4.78, 5) is 40.2. The average Bonchev–Trinajstić information content (AvgIpc) is 2.92. The largest absolute Gasteiger partial charge is 0.378 e. The van der Waals surface area contributed by atoms with Crippen molar-refractivity contribution in [3.05, 3.63) is 113 Å². The average molecular weight is 572 g/mol. The number of rotatable bonds is 10. The van der Waals surface area contributed by atoms with Gasteiger partial charge in [-0.2, -0.15) is 0 Å². The number of hydrogen-bond acceptors (Lipinski definition) is 6. The number of anilines is 2. The maximum absolute atomic E-state index is 14.5. The molecular formula is C32H34FN5O2S. The molecule has 7 nitrogen and oxygen atoms in total. The fourth-order valence-corrected chi connectivity index (χ4v) is 5.22. The monoisotopic (exact) mass is 571 g/mol. The number of carbonyl (C=O) groups is 2. The first-order chi connectivity index (χ1) is 19.6. The second kappa shape index (κ2) is 13.4. The number of carbonyl (C=O) groups excluding carboxylic acids is 2. The van der Waals surface area contributed by atoms with Crippen molar-refractivity contribution in [2.24, 2.45) is 0 Å². The number of aryl methyl sites for hydroxylation is 3. The summed E-state index contributed by atoms with van der Waals surface area (Å²) in [7, 11) is 3.87. The zero-order valence-corrected chi connectivity index (χ0v) is 24.7. The topological polar surface area (TPSA) is 78.4 Å². The maximum Gasteiger partial charge on any atom is 0.251 e. The Balaban J connectivity index is 1.69. The first-order valence-electron chi connectivity index (χ1n) is 13.2. The second-order valence-electron chi connectivity index (χ2n) is 10.1. The van der Waals surface area contributed by atoms with Crippen molar-refractivity contribution in [2.75, 3.05) is 30.1 Å². The molecule has 1 aromatic heterocycles. The summed E-state index contributed by atoms with van der Waals surface area (Å²) < 4.78 is 14.5. The van der Waals surface area contributed by atoms with Crippen LogP contribution >= 0.6 is 11.8 Å². The van der Waals surface area contributed by atoms with Crippen LogP contribution < -0.4 is 10.2 Å². The van der Waals surface area contributed by atoms with Crippen LogP contribution in [-0.2, 0) is 16.1 Å². The molecule has 0 saturated heterocycles. The third kappa shape index (κ3) is 8.14. The minimum atomic E-state index is -1.09. The van der Waals surface area contributed by atoms with Crippen LogP contribution in [0.25, 0.3) is 0 Å². The Kier molecular flexibility index (Phi) is 9.73. The standard InChI is InChI=1S/C32H34FN5O2S/c1-21-9-11-24(12-10-21)19-38(29(39)20-41-32-34-22(2)17-23(3)35-32)30(25-7-6-8-26(33)18-25)31(40)36-27-13-15-28(16-14-27)37(4)5/h6-18,30H,19-20H2,1-5H3,(H,36,40)/t30-/m0/s1. The van der Waals surface area contributed by atoms with Crippen LogP contribution in [0.2, 0.25) is 0 Å². The molecule has 1 N–H and O–H groups in total. The van der Waals surface area contributed by atoms with E-state index in [1.807, 2.05) is 82.2 Å². The quantitative estimate of drug-likeness (QED) is 0.183. The number of amides is 2. The Morgan fingerprint density at radius 2 is 1.56 bits per heavy atom. The molecule has 9 heteroatoms. The highest BCUT2D eigenvalue weighted by atomic mass is 32.2. The summed E-state index contributed by atoms with van der Waals surface area (Å²) >= 11 is 1.21. The number of nitrogens with one attached hydrogen (secondary N) is 1. The van der Waals surface area contributed by atoms with Crippen molar-refractivity contribution in [3.63, 3.8) is 0 Å². The fourth-order valence-electron chi connectivity index (χ4n) is 4.38. The molecule has 0 unspecified atom stereocenters. The van der Waals surface area contributed by atoms with Gasteiger partial charge in [0.25, 0.3) is 5.91 Å². The predicted octanol–water partition coefficient (Wildman–Crippen LogP) is 6.11. The molecule has 4 aromatic rings. The van der Waals surface area contributed by atoms with Crippen LogP contribution in [0.1, 0.15) is 34.1 Å². The van der Waals surface area contributed by atoms with Gasteiger partial charge in [0.15, 0.2) is 5.16 Å². The molecule has 1 heterocycles. The first kappa shape index (κ1) is 29.7. The number of nitrogens with zero attached hydrogens (tertiary/aromatic N) is 4. The molecule has 0 fully saturated rings. The summed E-state index contributed by atoms with van der Waals surface area (Å²) in [6, 6.07) is 21.8. The van der Waals surface area contributed by atoms with Crippen LogP contribution in [0.15, 0.2) is 84.0 Å². The van der Waals surface area contributed by atoms with E-state index in [1.54, 1.807) is 24.3 Å². The van der Waals surface area contributed by atoms with Crippen LogP contribution in [0, 0.1) is 26.6 Å². The Morgan fingerprint density at radius 3 is 2.17 bits per heavy atom. The van der Waals surface area contributed by atoms with E-state index in [-0.39, 0.29) is 18.2 Å². The van der Waals surface area contributed by atoms with Crippen molar-refractivity contribution >= 4 is 35.0 Å². The van der Waals surface area contributed by atoms with Crippen LogP contribution in [-0.4, -0.2) is 46.5 Å². The normalized spacial score (nSPS) is 11.6. The maximum atomic E-state index is 14.5. The molecule has 0 saturated carbocycles. The Bertz CT molecular complexity index is 1490. The van der Waals surface area contributed by atoms with Gasteiger partial charge in [-0.1, -0.05) is 53.7 Å². The number of benzene rings is 3. The number of halogens is 1. The molecule has 3 aromatic carbocycles. The van der Waals surface area contributed by atoms with Gasteiger partial charge < -0.3 is 15.1 Å². The molecule has 0 bridgehead atoms. The molecule has 0 aliphatic carbocycles. The summed E-state index contributed by atoms with van der Waals surface area (Å²) in [5.41, 5.74) is 5.47. The van der Waals surface area contributed by atoms with Gasteiger partial charge in [0, 0.05) is 43.4 Å². The Hall–Kier alpha value is -4.24. The van der Waals surface area contributed by atoms with Gasteiger partial charge in [0.05, 0.1) is 5.75 Å². The molecule has 41 heavy (non-hydrogen) atoms. The van der Waals surface area contributed by atoms with Crippen molar-refractivity contribution in [1.29, 1.82) is 0 Å². The molecule has 0 radical (unpaired) electrons. The van der Waals surface area contributed by atoms with Crippen LogP contribution in [0.3, 0.4) is 0 Å². The zero-order chi connectivity index (χ0) is 29.5. The van der Waals surface area contributed by atoms with Gasteiger partial charge in [-0.15, -0.1) is 0 Å². The first-order valence-corrected chi connectivity index (χ1v) is 14.2. The molecule has 0 spiro atoms. The van der Waals surface area contributed by atoms with Gasteiger partial charge in [0.1, 0.15) is 11.9 Å².